The Morgan fingerprint density at radius 3 is 2.13 bits per heavy atom. The summed E-state index contributed by atoms with van der Waals surface area (Å²) in [7, 11) is 0. The first-order valence-electron chi connectivity index (χ1n) is 9.96. The zero-order valence-electron chi connectivity index (χ0n) is 16.7. The van der Waals surface area contributed by atoms with E-state index in [1.165, 1.54) is 0 Å². The number of amides is 1. The summed E-state index contributed by atoms with van der Waals surface area (Å²) >= 11 is 0. The highest BCUT2D eigenvalue weighted by atomic mass is 16.2. The third-order valence-corrected chi connectivity index (χ3v) is 5.29. The molecular formula is C25H22N2O3. The third kappa shape index (κ3) is 3.80. The van der Waals surface area contributed by atoms with E-state index in [-0.39, 0.29) is 29.6 Å². The molecule has 0 saturated heterocycles. The van der Waals surface area contributed by atoms with Crippen molar-refractivity contribution in [1.82, 2.24) is 4.90 Å². The zero-order valence-corrected chi connectivity index (χ0v) is 16.7. The Balaban J connectivity index is 1.55. The van der Waals surface area contributed by atoms with Gasteiger partial charge in [0.25, 0.3) is 0 Å². The number of carbonyl (C=O) groups excluding carboxylic acids is 3. The van der Waals surface area contributed by atoms with Crippen LogP contribution in [0.4, 0.5) is 5.69 Å². The molecule has 0 aliphatic heterocycles. The number of benzene rings is 3. The predicted octanol–water partition coefficient (Wildman–Crippen LogP) is 3.92. The van der Waals surface area contributed by atoms with E-state index in [1.807, 2.05) is 42.2 Å². The van der Waals surface area contributed by atoms with Crippen molar-refractivity contribution in [3.8, 4) is 0 Å². The van der Waals surface area contributed by atoms with Crippen LogP contribution >= 0.6 is 0 Å². The number of ketones is 2. The topological polar surface area (TPSA) is 66.5 Å². The van der Waals surface area contributed by atoms with Gasteiger partial charge in [0.1, 0.15) is 0 Å². The van der Waals surface area contributed by atoms with Gasteiger partial charge in [-0.15, -0.1) is 0 Å². The van der Waals surface area contributed by atoms with E-state index in [0.29, 0.717) is 35.5 Å². The quantitative estimate of drug-likeness (QED) is 0.535. The van der Waals surface area contributed by atoms with Gasteiger partial charge in [0.15, 0.2) is 11.6 Å². The number of hydrogen-bond donors (Lipinski definition) is 1. The number of likely N-dealkylation sites (N-methyl/N-ethyl adjacent to an activating group) is 1. The molecule has 1 N–H and O–H groups in total. The standard InChI is InChI=1S/C25H22N2O3/c1-2-27(15-17-9-4-3-5-10-17)16-22(28)26-21-14-8-13-20-23(21)25(30)19-12-7-6-11-18(19)24(20)29/h3-14H,2,15-16H2,1H3,(H,26,28). The summed E-state index contributed by atoms with van der Waals surface area (Å²) < 4.78 is 0. The maximum atomic E-state index is 13.1. The number of fused-ring (bicyclic) bond motifs is 2. The molecule has 0 atom stereocenters. The molecule has 0 fully saturated rings. The van der Waals surface area contributed by atoms with Crippen molar-refractivity contribution in [2.75, 3.05) is 18.4 Å². The van der Waals surface area contributed by atoms with Crippen LogP contribution in [0.1, 0.15) is 44.3 Å². The molecule has 3 aromatic carbocycles. The van der Waals surface area contributed by atoms with Crippen LogP contribution in [0.25, 0.3) is 0 Å². The molecule has 150 valence electrons. The Morgan fingerprint density at radius 1 is 0.800 bits per heavy atom. The molecule has 4 rings (SSSR count). The van der Waals surface area contributed by atoms with E-state index in [0.717, 1.165) is 5.56 Å². The molecule has 5 heteroatoms. The van der Waals surface area contributed by atoms with Gasteiger partial charge in [0.05, 0.1) is 17.8 Å². The van der Waals surface area contributed by atoms with Crippen molar-refractivity contribution in [2.45, 2.75) is 13.5 Å². The second-order valence-corrected chi connectivity index (χ2v) is 7.27. The summed E-state index contributed by atoms with van der Waals surface area (Å²) in [6, 6.07) is 21.7. The van der Waals surface area contributed by atoms with Gasteiger partial charge >= 0.3 is 0 Å². The lowest BCUT2D eigenvalue weighted by Crippen LogP contribution is -2.33. The van der Waals surface area contributed by atoms with Crippen molar-refractivity contribution < 1.29 is 14.4 Å². The number of carbonyl (C=O) groups is 3. The van der Waals surface area contributed by atoms with Crippen LogP contribution in [0.15, 0.2) is 72.8 Å². The molecule has 0 radical (unpaired) electrons. The summed E-state index contributed by atoms with van der Waals surface area (Å²) in [6.07, 6.45) is 0. The van der Waals surface area contributed by atoms with Crippen LogP contribution in [0, 0.1) is 0 Å². The second kappa shape index (κ2) is 8.43. The molecule has 1 aliphatic carbocycles. The number of hydrogen-bond acceptors (Lipinski definition) is 4. The molecule has 0 saturated carbocycles. The van der Waals surface area contributed by atoms with E-state index in [2.05, 4.69) is 5.32 Å². The van der Waals surface area contributed by atoms with E-state index in [4.69, 9.17) is 0 Å². The molecular weight excluding hydrogens is 376 g/mol. The van der Waals surface area contributed by atoms with Gasteiger partial charge in [-0.2, -0.15) is 0 Å². The van der Waals surface area contributed by atoms with Crippen molar-refractivity contribution in [2.24, 2.45) is 0 Å². The number of nitrogens with zero attached hydrogens (tertiary/aromatic N) is 1. The molecule has 1 aliphatic rings. The highest BCUT2D eigenvalue weighted by Gasteiger charge is 2.31. The van der Waals surface area contributed by atoms with Gasteiger partial charge in [0, 0.05) is 23.2 Å². The summed E-state index contributed by atoms with van der Waals surface area (Å²) in [5.74, 6) is -0.663. The lowest BCUT2D eigenvalue weighted by molar-refractivity contribution is -0.117. The SMILES string of the molecule is CCN(CC(=O)Nc1cccc2c1C(=O)c1ccccc1C2=O)Cc1ccccc1. The van der Waals surface area contributed by atoms with Gasteiger partial charge < -0.3 is 5.32 Å². The zero-order chi connectivity index (χ0) is 21.1. The Labute approximate surface area is 175 Å². The van der Waals surface area contributed by atoms with Crippen molar-refractivity contribution >= 4 is 23.2 Å². The predicted molar refractivity (Wildman–Crippen MR) is 116 cm³/mol. The first-order valence-corrected chi connectivity index (χ1v) is 9.96. The molecule has 0 spiro atoms. The smallest absolute Gasteiger partial charge is 0.238 e. The minimum Gasteiger partial charge on any atom is -0.324 e. The summed E-state index contributed by atoms with van der Waals surface area (Å²) in [5.41, 5.74) is 2.87. The molecule has 5 nitrogen and oxygen atoms in total. The monoisotopic (exact) mass is 398 g/mol. The molecule has 0 unspecified atom stereocenters. The normalized spacial score (nSPS) is 12.5. The largest absolute Gasteiger partial charge is 0.324 e. The lowest BCUT2D eigenvalue weighted by atomic mass is 9.83. The van der Waals surface area contributed by atoms with Gasteiger partial charge in [-0.3, -0.25) is 19.3 Å². The molecule has 3 aromatic rings. The number of nitrogens with one attached hydrogen (secondary N) is 1. The Bertz CT molecular complexity index is 1120. The van der Waals surface area contributed by atoms with E-state index < -0.39 is 0 Å². The van der Waals surface area contributed by atoms with Crippen LogP contribution in [0.3, 0.4) is 0 Å². The van der Waals surface area contributed by atoms with Crippen LogP contribution in [0.2, 0.25) is 0 Å². The minimum absolute atomic E-state index is 0.188. The van der Waals surface area contributed by atoms with E-state index in [9.17, 15) is 14.4 Å². The first-order chi connectivity index (χ1) is 14.6. The maximum Gasteiger partial charge on any atom is 0.238 e. The van der Waals surface area contributed by atoms with Crippen LogP contribution in [0.5, 0.6) is 0 Å². The highest BCUT2D eigenvalue weighted by Crippen LogP contribution is 2.31. The minimum atomic E-state index is -0.243. The molecule has 0 aromatic heterocycles. The molecule has 30 heavy (non-hydrogen) atoms. The Morgan fingerprint density at radius 2 is 1.43 bits per heavy atom. The lowest BCUT2D eigenvalue weighted by Gasteiger charge is -2.22. The van der Waals surface area contributed by atoms with E-state index >= 15 is 0 Å². The third-order valence-electron chi connectivity index (χ3n) is 5.29. The summed E-state index contributed by atoms with van der Waals surface area (Å²) in [4.78, 5) is 40.7. The molecule has 0 heterocycles. The summed E-state index contributed by atoms with van der Waals surface area (Å²) in [6.45, 7) is 3.55. The highest BCUT2D eigenvalue weighted by molar-refractivity contribution is 6.30. The van der Waals surface area contributed by atoms with Crippen molar-refractivity contribution in [1.29, 1.82) is 0 Å². The Kier molecular flexibility index (Phi) is 5.55. The molecule has 1 amide bonds. The summed E-state index contributed by atoms with van der Waals surface area (Å²) in [5, 5.41) is 2.85. The van der Waals surface area contributed by atoms with Gasteiger partial charge in [-0.25, -0.2) is 0 Å². The maximum absolute atomic E-state index is 13.1. The molecule has 0 bridgehead atoms. The number of anilines is 1. The fourth-order valence-corrected chi connectivity index (χ4v) is 3.76. The Hall–Kier alpha value is -3.57. The van der Waals surface area contributed by atoms with Crippen molar-refractivity contribution in [3.63, 3.8) is 0 Å². The van der Waals surface area contributed by atoms with Gasteiger partial charge in [-0.1, -0.05) is 73.7 Å². The number of rotatable bonds is 6. The fraction of sp³-hybridized carbons (Fsp3) is 0.160. The van der Waals surface area contributed by atoms with E-state index in [1.54, 1.807) is 42.5 Å². The van der Waals surface area contributed by atoms with Crippen molar-refractivity contribution in [3.05, 3.63) is 101 Å². The van der Waals surface area contributed by atoms with Crippen LogP contribution in [-0.4, -0.2) is 35.5 Å². The second-order valence-electron chi connectivity index (χ2n) is 7.27. The van der Waals surface area contributed by atoms with Crippen LogP contribution in [-0.2, 0) is 11.3 Å². The average molecular weight is 398 g/mol. The first kappa shape index (κ1) is 19.7. The van der Waals surface area contributed by atoms with Crippen LogP contribution < -0.4 is 5.32 Å². The van der Waals surface area contributed by atoms with Gasteiger partial charge in [0.2, 0.25) is 5.91 Å². The fourth-order valence-electron chi connectivity index (χ4n) is 3.76. The van der Waals surface area contributed by atoms with Gasteiger partial charge in [-0.05, 0) is 18.2 Å². The average Bonchev–Trinajstić information content (AvgIpc) is 2.77.